The molecule has 1 aromatic carbocycles. The number of aromatic nitrogens is 1. The van der Waals surface area contributed by atoms with E-state index in [4.69, 9.17) is 9.47 Å². The Morgan fingerprint density at radius 3 is 2.70 bits per heavy atom. The van der Waals surface area contributed by atoms with Crippen LogP contribution in [0.5, 0.6) is 0 Å². The number of hydrogen-bond donors (Lipinski definition) is 2. The first-order chi connectivity index (χ1) is 16.0. The number of ether oxygens (including phenoxy) is 2. The lowest BCUT2D eigenvalue weighted by Crippen LogP contribution is -2.50. The Labute approximate surface area is 194 Å². The summed E-state index contributed by atoms with van der Waals surface area (Å²) in [4.78, 5) is 16.6. The van der Waals surface area contributed by atoms with Gasteiger partial charge in [-0.05, 0) is 36.5 Å². The Hall–Kier alpha value is -2.51. The maximum Gasteiger partial charge on any atom is 0.329 e. The van der Waals surface area contributed by atoms with Gasteiger partial charge in [0.1, 0.15) is 17.2 Å². The quantitative estimate of drug-likeness (QED) is 0.530. The second kappa shape index (κ2) is 10.6. The predicted molar refractivity (Wildman–Crippen MR) is 125 cm³/mol. The maximum absolute atomic E-state index is 15.3. The average molecular weight is 457 g/mol. The van der Waals surface area contributed by atoms with Crippen LogP contribution in [0.15, 0.2) is 30.5 Å². The molecule has 0 unspecified atom stereocenters. The second-order valence-corrected chi connectivity index (χ2v) is 9.10. The van der Waals surface area contributed by atoms with E-state index in [2.05, 4.69) is 10.3 Å². The lowest BCUT2D eigenvalue weighted by molar-refractivity contribution is -0.145. The van der Waals surface area contributed by atoms with Gasteiger partial charge in [-0.3, -0.25) is 0 Å². The first kappa shape index (κ1) is 23.6. The van der Waals surface area contributed by atoms with Gasteiger partial charge in [0.25, 0.3) is 0 Å². The van der Waals surface area contributed by atoms with E-state index in [1.807, 2.05) is 25.1 Å². The molecule has 1 aliphatic heterocycles. The van der Waals surface area contributed by atoms with Crippen molar-refractivity contribution in [1.29, 1.82) is 0 Å². The van der Waals surface area contributed by atoms with Crippen LogP contribution in [0.2, 0.25) is 0 Å². The van der Waals surface area contributed by atoms with Crippen LogP contribution in [0.4, 0.5) is 10.2 Å². The van der Waals surface area contributed by atoms with Gasteiger partial charge in [0.05, 0.1) is 12.7 Å². The van der Waals surface area contributed by atoms with Crippen LogP contribution < -0.4 is 5.32 Å². The highest BCUT2D eigenvalue weighted by Gasteiger charge is 2.40. The van der Waals surface area contributed by atoms with Gasteiger partial charge in [0.2, 0.25) is 0 Å². The highest BCUT2D eigenvalue weighted by Crippen LogP contribution is 2.33. The Morgan fingerprint density at radius 2 is 2.00 bits per heavy atom. The van der Waals surface area contributed by atoms with Crippen molar-refractivity contribution in [3.8, 4) is 11.1 Å². The van der Waals surface area contributed by atoms with Crippen molar-refractivity contribution in [3.63, 3.8) is 0 Å². The third-order valence-electron chi connectivity index (χ3n) is 6.78. The van der Waals surface area contributed by atoms with E-state index >= 15 is 4.39 Å². The number of hydrogen-bond acceptors (Lipinski definition) is 5. The monoisotopic (exact) mass is 456 g/mol. The second-order valence-electron chi connectivity index (χ2n) is 9.10. The number of nitrogens with zero attached hydrogens (tertiary/aromatic N) is 1. The highest BCUT2D eigenvalue weighted by molar-refractivity contribution is 5.83. The third-order valence-corrected chi connectivity index (χ3v) is 6.78. The van der Waals surface area contributed by atoms with Crippen molar-refractivity contribution in [2.24, 2.45) is 0 Å². The van der Waals surface area contributed by atoms with Crippen molar-refractivity contribution in [1.82, 2.24) is 4.98 Å². The zero-order valence-corrected chi connectivity index (χ0v) is 19.2. The largest absolute Gasteiger partial charge is 0.480 e. The number of aryl methyl sites for hydroxylation is 1. The van der Waals surface area contributed by atoms with Crippen LogP contribution in [-0.2, 0) is 27.3 Å². The van der Waals surface area contributed by atoms with Gasteiger partial charge in [0.15, 0.2) is 0 Å². The van der Waals surface area contributed by atoms with E-state index in [0.717, 1.165) is 37.7 Å². The van der Waals surface area contributed by atoms with E-state index in [9.17, 15) is 9.90 Å². The van der Waals surface area contributed by atoms with E-state index in [1.54, 1.807) is 12.3 Å². The minimum Gasteiger partial charge on any atom is -0.480 e. The lowest BCUT2D eigenvalue weighted by Gasteiger charge is -2.34. The van der Waals surface area contributed by atoms with Crippen LogP contribution in [0.3, 0.4) is 0 Å². The van der Waals surface area contributed by atoms with Gasteiger partial charge in [-0.2, -0.15) is 0 Å². The Bertz CT molecular complexity index is 969. The highest BCUT2D eigenvalue weighted by atomic mass is 19.1. The molecule has 0 radical (unpaired) electrons. The molecule has 0 spiro atoms. The van der Waals surface area contributed by atoms with E-state index < -0.39 is 11.5 Å². The van der Waals surface area contributed by atoms with E-state index in [1.165, 1.54) is 0 Å². The summed E-state index contributed by atoms with van der Waals surface area (Å²) in [7, 11) is 0. The fourth-order valence-electron chi connectivity index (χ4n) is 4.80. The number of nitrogens with one attached hydrogen (secondary N) is 1. The molecule has 1 aromatic heterocycles. The van der Waals surface area contributed by atoms with Crippen LogP contribution in [0, 0.1) is 5.82 Å². The van der Waals surface area contributed by atoms with Gasteiger partial charge in [-0.1, -0.05) is 44.4 Å². The molecule has 1 aliphatic carbocycles. The van der Waals surface area contributed by atoms with E-state index in [-0.39, 0.29) is 11.9 Å². The number of aliphatic carboxylic acids is 1. The molecule has 2 aliphatic rings. The summed E-state index contributed by atoms with van der Waals surface area (Å²) in [6.45, 7) is 3.12. The predicted octanol–water partition coefficient (Wildman–Crippen LogP) is 5.35. The van der Waals surface area contributed by atoms with Gasteiger partial charge >= 0.3 is 5.97 Å². The topological polar surface area (TPSA) is 80.7 Å². The first-order valence-electron chi connectivity index (χ1n) is 12.0. The number of carboxylic acids is 1. The number of carbonyl (C=O) groups is 1. The fraction of sp³-hybridized carbons (Fsp3) is 0.538. The molecule has 1 saturated carbocycles. The van der Waals surface area contributed by atoms with Crippen LogP contribution in [0.25, 0.3) is 11.1 Å². The summed E-state index contributed by atoms with van der Waals surface area (Å²) in [6.07, 6.45) is 8.49. The summed E-state index contributed by atoms with van der Waals surface area (Å²) in [5, 5.41) is 13.0. The zero-order chi connectivity index (χ0) is 23.3. The molecular formula is C26H33FN2O4. The summed E-state index contributed by atoms with van der Waals surface area (Å²) in [5.74, 6) is -0.688. The van der Waals surface area contributed by atoms with Crippen molar-refractivity contribution < 1.29 is 23.8 Å². The van der Waals surface area contributed by atoms with E-state index in [0.29, 0.717) is 61.6 Å². The van der Waals surface area contributed by atoms with Gasteiger partial charge in [0, 0.05) is 43.4 Å². The molecule has 0 bridgehead atoms. The van der Waals surface area contributed by atoms with Crippen molar-refractivity contribution in [2.75, 3.05) is 18.5 Å². The van der Waals surface area contributed by atoms with Gasteiger partial charge in [-0.25, -0.2) is 14.2 Å². The minimum atomic E-state index is -1.12. The van der Waals surface area contributed by atoms with Gasteiger partial charge in [-0.15, -0.1) is 0 Å². The molecule has 2 heterocycles. The van der Waals surface area contributed by atoms with Gasteiger partial charge < -0.3 is 19.9 Å². The zero-order valence-electron chi connectivity index (χ0n) is 19.2. The van der Waals surface area contributed by atoms with Crippen molar-refractivity contribution in [3.05, 3.63) is 47.4 Å². The Kier molecular flexibility index (Phi) is 7.60. The van der Waals surface area contributed by atoms with Crippen LogP contribution in [-0.4, -0.2) is 40.9 Å². The SMILES string of the molecule is CCCc1cccc(-c2cnc(NC3(C(=O)O)CCOCC3)cc2COC2CCCC2)c1F. The molecular weight excluding hydrogens is 423 g/mol. The molecule has 2 fully saturated rings. The number of carboxylic acid groups (broad SMARTS) is 1. The maximum atomic E-state index is 15.3. The normalized spacial score (nSPS) is 18.4. The van der Waals surface area contributed by atoms with Crippen molar-refractivity contribution >= 4 is 11.8 Å². The molecule has 1 saturated heterocycles. The summed E-state index contributed by atoms with van der Waals surface area (Å²) >= 11 is 0. The minimum absolute atomic E-state index is 0.208. The van der Waals surface area contributed by atoms with Crippen molar-refractivity contribution in [2.45, 2.75) is 76.5 Å². The molecule has 6 nitrogen and oxygen atoms in total. The first-order valence-corrected chi connectivity index (χ1v) is 12.0. The molecule has 0 amide bonds. The Balaban J connectivity index is 1.67. The molecule has 7 heteroatoms. The fourth-order valence-corrected chi connectivity index (χ4v) is 4.80. The molecule has 4 rings (SSSR count). The van der Waals surface area contributed by atoms with Crippen LogP contribution in [0.1, 0.15) is 63.0 Å². The summed E-state index contributed by atoms with van der Waals surface area (Å²) in [6, 6.07) is 7.28. The number of rotatable bonds is 9. The number of pyridine rings is 1. The number of benzene rings is 1. The summed E-state index contributed by atoms with van der Waals surface area (Å²) < 4.78 is 26.9. The van der Waals surface area contributed by atoms with Crippen LogP contribution >= 0.6 is 0 Å². The standard InChI is InChI=1S/C26H33FN2O4/c1-2-6-18-7-5-10-21(24(18)27)22-16-28-23(15-19(22)17-33-20-8-3-4-9-20)29-26(25(30)31)11-13-32-14-12-26/h5,7,10,15-16,20H,2-4,6,8-9,11-14,17H2,1H3,(H,28,29)(H,30,31). The molecule has 178 valence electrons. The third kappa shape index (κ3) is 5.36. The molecule has 2 N–H and O–H groups in total. The summed E-state index contributed by atoms with van der Waals surface area (Å²) in [5.41, 5.74) is 1.56. The molecule has 2 aromatic rings. The average Bonchev–Trinajstić information content (AvgIpc) is 3.34. The Morgan fingerprint density at radius 1 is 1.24 bits per heavy atom. The lowest BCUT2D eigenvalue weighted by atomic mass is 9.90. The number of anilines is 1. The molecule has 33 heavy (non-hydrogen) atoms. The smallest absolute Gasteiger partial charge is 0.329 e. The molecule has 0 atom stereocenters. The number of halogens is 1.